The predicted octanol–water partition coefficient (Wildman–Crippen LogP) is 8.48. The zero-order valence-corrected chi connectivity index (χ0v) is 19.4. The smallest absolute Gasteiger partial charge is 0.416 e. The molecule has 3 aromatic rings. The molecule has 3 rings (SSSR count). The Labute approximate surface area is 188 Å². The van der Waals surface area contributed by atoms with Gasteiger partial charge in [-0.3, -0.25) is 0 Å². The van der Waals surface area contributed by atoms with Gasteiger partial charge < -0.3 is 10.0 Å². The zero-order chi connectivity index (χ0) is 23.9. The van der Waals surface area contributed by atoms with E-state index in [1.54, 1.807) is 4.90 Å². The monoisotopic (exact) mass is 441 g/mol. The third-order valence-corrected chi connectivity index (χ3v) is 5.47. The first-order valence-corrected chi connectivity index (χ1v) is 10.6. The van der Waals surface area contributed by atoms with E-state index in [1.165, 1.54) is 12.1 Å². The molecule has 0 amide bonds. The summed E-state index contributed by atoms with van der Waals surface area (Å²) in [5, 5.41) is 11.4. The van der Waals surface area contributed by atoms with Gasteiger partial charge in [0.1, 0.15) is 5.75 Å². The molecular weight excluding hydrogens is 411 g/mol. The Morgan fingerprint density at radius 1 is 0.656 bits per heavy atom. The van der Waals surface area contributed by atoms with Crippen molar-refractivity contribution >= 4 is 17.1 Å². The van der Waals surface area contributed by atoms with E-state index < -0.39 is 11.7 Å². The molecule has 0 unspecified atom stereocenters. The second-order valence-electron chi connectivity index (χ2n) is 10.1. The molecule has 2 nitrogen and oxygen atoms in total. The van der Waals surface area contributed by atoms with E-state index in [2.05, 4.69) is 20.8 Å². The van der Waals surface area contributed by atoms with Gasteiger partial charge in [0.05, 0.1) is 11.3 Å². The minimum absolute atomic E-state index is 0.120. The highest BCUT2D eigenvalue weighted by Crippen LogP contribution is 2.47. The van der Waals surface area contributed by atoms with E-state index >= 15 is 0 Å². The topological polar surface area (TPSA) is 23.5 Å². The maximum atomic E-state index is 13.1. The molecule has 0 atom stereocenters. The van der Waals surface area contributed by atoms with Gasteiger partial charge >= 0.3 is 6.18 Å². The third-order valence-electron chi connectivity index (χ3n) is 5.47. The maximum absolute atomic E-state index is 13.1. The zero-order valence-electron chi connectivity index (χ0n) is 19.4. The number of aromatic hydroxyl groups is 1. The maximum Gasteiger partial charge on any atom is 0.416 e. The number of hydrogen-bond acceptors (Lipinski definition) is 2. The van der Waals surface area contributed by atoms with Crippen molar-refractivity contribution in [2.45, 2.75) is 58.5 Å². The lowest BCUT2D eigenvalue weighted by atomic mass is 9.79. The van der Waals surface area contributed by atoms with Crippen LogP contribution in [-0.4, -0.2) is 5.11 Å². The summed E-state index contributed by atoms with van der Waals surface area (Å²) in [7, 11) is 0. The number of phenolic OH excluding ortho intramolecular Hbond substituents is 1. The van der Waals surface area contributed by atoms with Gasteiger partial charge in [0.25, 0.3) is 0 Å². The van der Waals surface area contributed by atoms with E-state index in [0.29, 0.717) is 11.4 Å². The lowest BCUT2D eigenvalue weighted by Crippen LogP contribution is -2.19. The highest BCUT2D eigenvalue weighted by molar-refractivity contribution is 5.81. The van der Waals surface area contributed by atoms with Crippen LogP contribution >= 0.6 is 0 Å². The SMILES string of the molecule is CC(C)(C)c1cc(N(c2ccccc2)c2ccc(C(F)(F)F)cc2)c(O)c(C(C)(C)C)c1. The average molecular weight is 442 g/mol. The molecule has 0 bridgehead atoms. The van der Waals surface area contributed by atoms with Gasteiger partial charge in [-0.2, -0.15) is 13.2 Å². The predicted molar refractivity (Wildman–Crippen MR) is 125 cm³/mol. The quantitative estimate of drug-likeness (QED) is 0.440. The van der Waals surface area contributed by atoms with Crippen LogP contribution in [0, 0.1) is 0 Å². The molecule has 5 heteroatoms. The molecule has 0 aromatic heterocycles. The molecule has 1 N–H and O–H groups in total. The molecule has 3 aromatic carbocycles. The summed E-state index contributed by atoms with van der Waals surface area (Å²) >= 11 is 0. The van der Waals surface area contributed by atoms with Crippen molar-refractivity contribution in [2.24, 2.45) is 0 Å². The minimum atomic E-state index is -4.41. The first-order valence-electron chi connectivity index (χ1n) is 10.6. The molecule has 0 heterocycles. The molecule has 0 spiro atoms. The van der Waals surface area contributed by atoms with Crippen molar-refractivity contribution in [1.29, 1.82) is 0 Å². The highest BCUT2D eigenvalue weighted by Gasteiger charge is 2.31. The number of alkyl halides is 3. The molecule has 0 aliphatic rings. The van der Waals surface area contributed by atoms with Crippen molar-refractivity contribution in [1.82, 2.24) is 0 Å². The van der Waals surface area contributed by atoms with E-state index in [9.17, 15) is 18.3 Å². The number of rotatable bonds is 3. The Kier molecular flexibility index (Phi) is 6.07. The van der Waals surface area contributed by atoms with E-state index in [-0.39, 0.29) is 16.6 Å². The molecule has 0 fully saturated rings. The molecule has 0 aliphatic carbocycles. The molecular formula is C27H30F3NO. The van der Waals surface area contributed by atoms with Crippen LogP contribution in [0.4, 0.5) is 30.2 Å². The number of anilines is 3. The van der Waals surface area contributed by atoms with Crippen molar-refractivity contribution in [2.75, 3.05) is 4.90 Å². The van der Waals surface area contributed by atoms with E-state index in [1.807, 2.05) is 63.2 Å². The van der Waals surface area contributed by atoms with Crippen molar-refractivity contribution in [3.05, 3.63) is 83.4 Å². The van der Waals surface area contributed by atoms with Crippen molar-refractivity contribution in [3.63, 3.8) is 0 Å². The van der Waals surface area contributed by atoms with Crippen molar-refractivity contribution in [3.8, 4) is 5.75 Å². The summed E-state index contributed by atoms with van der Waals surface area (Å²) < 4.78 is 39.4. The van der Waals surface area contributed by atoms with Crippen LogP contribution in [-0.2, 0) is 17.0 Å². The Bertz CT molecular complexity index is 1070. The van der Waals surface area contributed by atoms with Crippen LogP contribution in [0.15, 0.2) is 66.7 Å². The van der Waals surface area contributed by atoms with Crippen LogP contribution in [0.5, 0.6) is 5.75 Å². The molecule has 32 heavy (non-hydrogen) atoms. The Morgan fingerprint density at radius 2 is 1.19 bits per heavy atom. The number of hydrogen-bond donors (Lipinski definition) is 1. The van der Waals surface area contributed by atoms with Gasteiger partial charge in [0, 0.05) is 16.9 Å². The van der Waals surface area contributed by atoms with Gasteiger partial charge in [-0.1, -0.05) is 65.8 Å². The second-order valence-corrected chi connectivity index (χ2v) is 10.1. The van der Waals surface area contributed by atoms with Gasteiger partial charge in [-0.15, -0.1) is 0 Å². The summed E-state index contributed by atoms with van der Waals surface area (Å²) in [6.45, 7) is 12.4. The van der Waals surface area contributed by atoms with Gasteiger partial charge in [-0.25, -0.2) is 0 Å². The first kappa shape index (κ1) is 23.7. The molecule has 170 valence electrons. The van der Waals surface area contributed by atoms with Gasteiger partial charge in [-0.05, 0) is 58.9 Å². The summed E-state index contributed by atoms with van der Waals surface area (Å²) in [5.41, 5.74) is 2.40. The highest BCUT2D eigenvalue weighted by atomic mass is 19.4. The third kappa shape index (κ3) is 4.93. The Morgan fingerprint density at radius 3 is 1.66 bits per heavy atom. The fraction of sp³-hybridized carbons (Fsp3) is 0.333. The number of halogens is 3. The minimum Gasteiger partial charge on any atom is -0.505 e. The lowest BCUT2D eigenvalue weighted by molar-refractivity contribution is -0.137. The van der Waals surface area contributed by atoms with E-state index in [4.69, 9.17) is 0 Å². The summed E-state index contributed by atoms with van der Waals surface area (Å²) in [6, 6.07) is 18.3. The fourth-order valence-corrected chi connectivity index (χ4v) is 3.60. The molecule has 0 saturated heterocycles. The fourth-order valence-electron chi connectivity index (χ4n) is 3.60. The molecule has 0 radical (unpaired) electrons. The van der Waals surface area contributed by atoms with Crippen LogP contribution in [0.2, 0.25) is 0 Å². The van der Waals surface area contributed by atoms with Gasteiger partial charge in [0.15, 0.2) is 0 Å². The Balaban J connectivity index is 2.31. The second kappa shape index (κ2) is 8.19. The molecule has 0 aliphatic heterocycles. The number of para-hydroxylation sites is 1. The largest absolute Gasteiger partial charge is 0.505 e. The van der Waals surface area contributed by atoms with Crippen LogP contribution in [0.3, 0.4) is 0 Å². The van der Waals surface area contributed by atoms with Gasteiger partial charge in [0.2, 0.25) is 0 Å². The van der Waals surface area contributed by atoms with Crippen LogP contribution in [0.25, 0.3) is 0 Å². The normalized spacial score (nSPS) is 12.7. The standard InChI is InChI=1S/C27H30F3NO/c1-25(2,3)19-16-22(26(4,5)6)24(32)23(17-19)31(20-10-8-7-9-11-20)21-14-12-18(13-15-21)27(28,29)30/h7-17,32H,1-6H3. The number of phenols is 1. The van der Waals surface area contributed by atoms with E-state index in [0.717, 1.165) is 28.9 Å². The number of benzene rings is 3. The molecule has 0 saturated carbocycles. The van der Waals surface area contributed by atoms with Crippen molar-refractivity contribution < 1.29 is 18.3 Å². The summed E-state index contributed by atoms with van der Waals surface area (Å²) in [5.74, 6) is 0.120. The van der Waals surface area contributed by atoms with Crippen LogP contribution < -0.4 is 4.90 Å². The first-order chi connectivity index (χ1) is 14.7. The average Bonchev–Trinajstić information content (AvgIpc) is 2.68. The van der Waals surface area contributed by atoms with Crippen LogP contribution in [0.1, 0.15) is 58.2 Å². The Hall–Kier alpha value is -2.95. The number of nitrogens with zero attached hydrogens (tertiary/aromatic N) is 1. The summed E-state index contributed by atoms with van der Waals surface area (Å²) in [4.78, 5) is 1.81. The lowest BCUT2D eigenvalue weighted by Gasteiger charge is -2.32. The summed E-state index contributed by atoms with van der Waals surface area (Å²) in [6.07, 6.45) is -4.41.